The Hall–Kier alpha value is -1.63. The lowest BCUT2D eigenvalue weighted by Crippen LogP contribution is -1.92. The lowest BCUT2D eigenvalue weighted by Gasteiger charge is -2.03. The van der Waals surface area contributed by atoms with Crippen LogP contribution in [0.15, 0.2) is 59.8 Å². The summed E-state index contributed by atoms with van der Waals surface area (Å²) in [5.74, 6) is 0.0541. The zero-order valence-electron chi connectivity index (χ0n) is 7.23. The Kier molecular flexibility index (Phi) is 2.09. The van der Waals surface area contributed by atoms with Crippen LogP contribution in [-0.4, -0.2) is 5.78 Å². The van der Waals surface area contributed by atoms with Crippen molar-refractivity contribution in [2.75, 3.05) is 0 Å². The van der Waals surface area contributed by atoms with Crippen LogP contribution in [-0.2, 0) is 4.79 Å². The average molecular weight is 170 g/mol. The molecule has 0 atom stereocenters. The van der Waals surface area contributed by atoms with Crippen molar-refractivity contribution < 1.29 is 4.79 Å². The molecule has 2 bridgehead atoms. The van der Waals surface area contributed by atoms with Crippen LogP contribution in [0.1, 0.15) is 6.42 Å². The van der Waals surface area contributed by atoms with Crippen molar-refractivity contribution in [2.24, 2.45) is 0 Å². The highest BCUT2D eigenvalue weighted by atomic mass is 16.1. The number of carbonyl (C=O) groups is 1. The number of ketones is 1. The van der Waals surface area contributed by atoms with Gasteiger partial charge in [-0.1, -0.05) is 36.5 Å². The summed E-state index contributed by atoms with van der Waals surface area (Å²) in [7, 11) is 0. The Morgan fingerprint density at radius 1 is 0.846 bits per heavy atom. The van der Waals surface area contributed by atoms with E-state index in [2.05, 4.69) is 0 Å². The Morgan fingerprint density at radius 2 is 1.38 bits per heavy atom. The molecule has 2 aliphatic carbocycles. The van der Waals surface area contributed by atoms with Crippen molar-refractivity contribution in [1.29, 1.82) is 0 Å². The van der Waals surface area contributed by atoms with Crippen LogP contribution in [0.4, 0.5) is 0 Å². The molecule has 0 aromatic rings. The van der Waals surface area contributed by atoms with Gasteiger partial charge in [0.15, 0.2) is 5.78 Å². The van der Waals surface area contributed by atoms with E-state index in [1.165, 1.54) is 11.1 Å². The fourth-order valence-electron chi connectivity index (χ4n) is 1.37. The van der Waals surface area contributed by atoms with E-state index in [1.807, 2.05) is 36.5 Å². The Morgan fingerprint density at radius 3 is 1.92 bits per heavy atom. The Balaban J connectivity index is 2.44. The van der Waals surface area contributed by atoms with E-state index in [0.29, 0.717) is 0 Å². The van der Waals surface area contributed by atoms with Crippen molar-refractivity contribution in [3.8, 4) is 0 Å². The largest absolute Gasteiger partial charge is 0.290 e. The second kappa shape index (κ2) is 3.40. The topological polar surface area (TPSA) is 17.1 Å². The lowest BCUT2D eigenvalue weighted by atomic mass is 10.0. The Bertz CT molecular complexity index is 342. The normalized spacial score (nSPS) is 20.2. The maximum absolute atomic E-state index is 11.1. The molecule has 0 fully saturated rings. The summed E-state index contributed by atoms with van der Waals surface area (Å²) in [6.07, 6.45) is 16.0. The Labute approximate surface area is 77.5 Å². The van der Waals surface area contributed by atoms with Gasteiger partial charge in [0, 0.05) is 0 Å². The molecule has 0 saturated carbocycles. The zero-order chi connectivity index (χ0) is 9.10. The van der Waals surface area contributed by atoms with Gasteiger partial charge in [-0.25, -0.2) is 0 Å². The fourth-order valence-corrected chi connectivity index (χ4v) is 1.37. The van der Waals surface area contributed by atoms with Gasteiger partial charge < -0.3 is 0 Å². The molecule has 0 amide bonds. The molecule has 0 aliphatic heterocycles. The molecule has 13 heavy (non-hydrogen) atoms. The smallest absolute Gasteiger partial charge is 0.178 e. The molecule has 1 heteroatoms. The molecule has 0 N–H and O–H groups in total. The van der Waals surface area contributed by atoms with E-state index in [4.69, 9.17) is 0 Å². The molecule has 0 aromatic carbocycles. The van der Waals surface area contributed by atoms with Crippen LogP contribution in [0.25, 0.3) is 0 Å². The molecular weight excluding hydrogens is 160 g/mol. The highest BCUT2D eigenvalue weighted by Crippen LogP contribution is 2.18. The van der Waals surface area contributed by atoms with Gasteiger partial charge in [-0.15, -0.1) is 0 Å². The van der Waals surface area contributed by atoms with E-state index in [-0.39, 0.29) is 5.78 Å². The number of rotatable bonds is 0. The quantitative estimate of drug-likeness (QED) is 0.546. The molecule has 64 valence electrons. The number of allylic oxidation sites excluding steroid dienone is 10. The highest BCUT2D eigenvalue weighted by Gasteiger charge is 2.02. The minimum absolute atomic E-state index is 0.0541. The third kappa shape index (κ3) is 1.94. The van der Waals surface area contributed by atoms with Crippen LogP contribution in [0.2, 0.25) is 0 Å². The first-order chi connectivity index (χ1) is 6.34. The van der Waals surface area contributed by atoms with Gasteiger partial charge in [-0.05, 0) is 29.7 Å². The minimum atomic E-state index is 0.0541. The molecule has 2 aliphatic rings. The molecule has 0 unspecified atom stereocenters. The predicted octanol–water partition coefficient (Wildman–Crippen LogP) is 2.49. The molecule has 0 spiro atoms. The first kappa shape index (κ1) is 7.99. The molecule has 0 heterocycles. The third-order valence-electron chi connectivity index (χ3n) is 2.06. The number of hydrogen-bond acceptors (Lipinski definition) is 1. The third-order valence-corrected chi connectivity index (χ3v) is 2.06. The van der Waals surface area contributed by atoms with Crippen molar-refractivity contribution >= 4 is 5.78 Å². The number of carbonyl (C=O) groups excluding carboxylic acids is 1. The van der Waals surface area contributed by atoms with Crippen LogP contribution in [0, 0.1) is 0 Å². The van der Waals surface area contributed by atoms with E-state index in [9.17, 15) is 4.79 Å². The second-order valence-corrected chi connectivity index (χ2v) is 3.11. The minimum Gasteiger partial charge on any atom is -0.290 e. The predicted molar refractivity (Wildman–Crippen MR) is 53.2 cm³/mol. The van der Waals surface area contributed by atoms with E-state index in [1.54, 1.807) is 12.2 Å². The van der Waals surface area contributed by atoms with Crippen LogP contribution in [0.5, 0.6) is 0 Å². The summed E-state index contributed by atoms with van der Waals surface area (Å²) in [5.41, 5.74) is 2.36. The van der Waals surface area contributed by atoms with Gasteiger partial charge >= 0.3 is 0 Å². The summed E-state index contributed by atoms with van der Waals surface area (Å²) in [5, 5.41) is 0. The van der Waals surface area contributed by atoms with Crippen molar-refractivity contribution in [2.45, 2.75) is 6.42 Å². The lowest BCUT2D eigenvalue weighted by molar-refractivity contribution is -0.110. The van der Waals surface area contributed by atoms with E-state index in [0.717, 1.165) is 6.42 Å². The summed E-state index contributed by atoms with van der Waals surface area (Å²) in [4.78, 5) is 11.1. The monoisotopic (exact) mass is 170 g/mol. The average Bonchev–Trinajstić information content (AvgIpc) is 2.35. The first-order valence-electron chi connectivity index (χ1n) is 4.31. The molecule has 1 nitrogen and oxygen atoms in total. The standard InChI is InChI=1S/C12H10O/c13-12-7-5-10-3-1-2-4-11(9-10)6-8-12/h1-8H,9H2. The second-order valence-electron chi connectivity index (χ2n) is 3.11. The van der Waals surface area contributed by atoms with Gasteiger partial charge in [0.2, 0.25) is 0 Å². The molecule has 2 rings (SSSR count). The molecular formula is C12H10O. The van der Waals surface area contributed by atoms with Crippen molar-refractivity contribution in [1.82, 2.24) is 0 Å². The summed E-state index contributed by atoms with van der Waals surface area (Å²) < 4.78 is 0. The van der Waals surface area contributed by atoms with Crippen LogP contribution < -0.4 is 0 Å². The highest BCUT2D eigenvalue weighted by molar-refractivity contribution is 6.00. The fraction of sp³-hybridized carbons (Fsp3) is 0.0833. The van der Waals surface area contributed by atoms with Crippen LogP contribution in [0.3, 0.4) is 0 Å². The number of fused-ring (bicyclic) bond motifs is 2. The molecule has 0 saturated heterocycles. The summed E-state index contributed by atoms with van der Waals surface area (Å²) >= 11 is 0. The summed E-state index contributed by atoms with van der Waals surface area (Å²) in [6, 6.07) is 0. The van der Waals surface area contributed by atoms with Crippen molar-refractivity contribution in [3.05, 3.63) is 59.8 Å². The SMILES string of the molecule is O=C1C=CC2=CC=CC=C(C=C1)C2. The molecule has 0 radical (unpaired) electrons. The summed E-state index contributed by atoms with van der Waals surface area (Å²) in [6.45, 7) is 0. The maximum atomic E-state index is 11.1. The van der Waals surface area contributed by atoms with Gasteiger partial charge in [-0.3, -0.25) is 4.79 Å². The van der Waals surface area contributed by atoms with Crippen molar-refractivity contribution in [3.63, 3.8) is 0 Å². The van der Waals surface area contributed by atoms with Gasteiger partial charge in [-0.2, -0.15) is 0 Å². The maximum Gasteiger partial charge on any atom is 0.178 e. The van der Waals surface area contributed by atoms with Gasteiger partial charge in [0.1, 0.15) is 0 Å². The number of hydrogen-bond donors (Lipinski definition) is 0. The molecule has 0 aromatic heterocycles. The van der Waals surface area contributed by atoms with Gasteiger partial charge in [0.05, 0.1) is 0 Å². The van der Waals surface area contributed by atoms with Gasteiger partial charge in [0.25, 0.3) is 0 Å². The van der Waals surface area contributed by atoms with Crippen LogP contribution >= 0.6 is 0 Å². The first-order valence-corrected chi connectivity index (χ1v) is 4.31. The van der Waals surface area contributed by atoms with E-state index >= 15 is 0 Å². The zero-order valence-corrected chi connectivity index (χ0v) is 7.23. The van der Waals surface area contributed by atoms with E-state index < -0.39 is 0 Å².